The van der Waals surface area contributed by atoms with E-state index in [0.717, 1.165) is 0 Å². The van der Waals surface area contributed by atoms with Gasteiger partial charge in [-0.25, -0.2) is 21.9 Å². The molecule has 0 aromatic carbocycles. The molecule has 0 aliphatic rings. The summed E-state index contributed by atoms with van der Waals surface area (Å²) in [7, 11) is -3.52. The van der Waals surface area contributed by atoms with Crippen molar-refractivity contribution < 1.29 is 17.2 Å². The van der Waals surface area contributed by atoms with Gasteiger partial charge in [-0.15, -0.1) is 0 Å². The Morgan fingerprint density at radius 1 is 1.36 bits per heavy atom. The Hall–Kier alpha value is -0.230. The van der Waals surface area contributed by atoms with E-state index < -0.39 is 28.2 Å². The molecule has 0 rings (SSSR count). The zero-order chi connectivity index (χ0) is 9.07. The van der Waals surface area contributed by atoms with E-state index in [1.165, 1.54) is 13.8 Å². The molecule has 0 aliphatic heterocycles. The van der Waals surface area contributed by atoms with E-state index in [-0.39, 0.29) is 0 Å². The summed E-state index contributed by atoms with van der Waals surface area (Å²) >= 11 is 0. The van der Waals surface area contributed by atoms with Crippen molar-refractivity contribution in [1.82, 2.24) is 4.72 Å². The van der Waals surface area contributed by atoms with Gasteiger partial charge in [0.2, 0.25) is 10.0 Å². The molecule has 0 spiro atoms. The summed E-state index contributed by atoms with van der Waals surface area (Å²) in [4.78, 5) is 0. The Balaban J connectivity index is 3.95. The molecular weight excluding hydrogens is 176 g/mol. The fourth-order valence-corrected chi connectivity index (χ4v) is 1.04. The van der Waals surface area contributed by atoms with Crippen LogP contribution in [0.1, 0.15) is 13.8 Å². The van der Waals surface area contributed by atoms with Crippen molar-refractivity contribution in [1.29, 1.82) is 0 Å². The second kappa shape index (κ2) is 3.96. The van der Waals surface area contributed by atoms with Crippen LogP contribution in [0.5, 0.6) is 0 Å². The molecule has 0 fully saturated rings. The highest BCUT2D eigenvalue weighted by atomic mass is 32.2. The summed E-state index contributed by atoms with van der Waals surface area (Å²) in [6.45, 7) is 2.04. The number of hydrogen-bond acceptors (Lipinski definition) is 2. The van der Waals surface area contributed by atoms with E-state index in [0.29, 0.717) is 0 Å². The standard InChI is InChI=1S/C5H11F2NO2S/c1-4(2)11(9,10)8-3-5(6)7/h4-5,8H,3H2,1-2H3. The Bertz CT molecular complexity index is 201. The molecule has 0 aromatic rings. The van der Waals surface area contributed by atoms with Crippen molar-refractivity contribution in [2.24, 2.45) is 0 Å². The van der Waals surface area contributed by atoms with Crippen LogP contribution in [0.2, 0.25) is 0 Å². The molecular formula is C5H11F2NO2S. The van der Waals surface area contributed by atoms with Crippen molar-refractivity contribution >= 4 is 10.0 Å². The summed E-state index contributed by atoms with van der Waals surface area (Å²) in [5.41, 5.74) is 0. The molecule has 0 aromatic heterocycles. The molecule has 0 bridgehead atoms. The monoisotopic (exact) mass is 187 g/mol. The molecule has 0 amide bonds. The number of rotatable bonds is 4. The second-order valence-corrected chi connectivity index (χ2v) is 4.65. The summed E-state index contributed by atoms with van der Waals surface area (Å²) in [5.74, 6) is 0. The van der Waals surface area contributed by atoms with Crippen LogP contribution in [0.15, 0.2) is 0 Å². The van der Waals surface area contributed by atoms with Gasteiger partial charge < -0.3 is 0 Å². The lowest BCUT2D eigenvalue weighted by atomic mass is 10.6. The minimum absolute atomic E-state index is 0.666. The Kier molecular flexibility index (Phi) is 3.88. The fourth-order valence-electron chi connectivity index (χ4n) is 0.346. The lowest BCUT2D eigenvalue weighted by Crippen LogP contribution is -2.34. The van der Waals surface area contributed by atoms with Crippen LogP contribution in [0.25, 0.3) is 0 Å². The number of sulfonamides is 1. The first-order chi connectivity index (χ1) is 4.86. The second-order valence-electron chi connectivity index (χ2n) is 2.33. The third kappa shape index (κ3) is 4.26. The summed E-state index contributed by atoms with van der Waals surface area (Å²) in [6.07, 6.45) is -2.64. The van der Waals surface area contributed by atoms with Crippen LogP contribution >= 0.6 is 0 Å². The van der Waals surface area contributed by atoms with Crippen LogP contribution < -0.4 is 4.72 Å². The van der Waals surface area contributed by atoms with E-state index in [9.17, 15) is 17.2 Å². The van der Waals surface area contributed by atoms with E-state index in [1.54, 1.807) is 4.72 Å². The van der Waals surface area contributed by atoms with Crippen molar-refractivity contribution in [2.75, 3.05) is 6.54 Å². The highest BCUT2D eigenvalue weighted by Gasteiger charge is 2.16. The molecule has 3 nitrogen and oxygen atoms in total. The first kappa shape index (κ1) is 10.8. The molecule has 0 radical (unpaired) electrons. The van der Waals surface area contributed by atoms with Crippen molar-refractivity contribution in [2.45, 2.75) is 25.5 Å². The predicted octanol–water partition coefficient (Wildman–Crippen LogP) is 0.579. The number of alkyl halides is 2. The summed E-state index contributed by atoms with van der Waals surface area (Å²) in [5, 5.41) is -0.666. The number of hydrogen-bond donors (Lipinski definition) is 1. The van der Waals surface area contributed by atoms with Gasteiger partial charge in [0.1, 0.15) is 0 Å². The van der Waals surface area contributed by atoms with Crippen LogP contribution in [0.4, 0.5) is 8.78 Å². The SMILES string of the molecule is CC(C)S(=O)(=O)NCC(F)F. The quantitative estimate of drug-likeness (QED) is 0.699. The van der Waals surface area contributed by atoms with Crippen LogP contribution in [-0.4, -0.2) is 26.6 Å². The van der Waals surface area contributed by atoms with Crippen molar-refractivity contribution in [3.8, 4) is 0 Å². The highest BCUT2D eigenvalue weighted by Crippen LogP contribution is 1.97. The largest absolute Gasteiger partial charge is 0.251 e. The lowest BCUT2D eigenvalue weighted by Gasteiger charge is -2.07. The third-order valence-electron chi connectivity index (χ3n) is 1.06. The average Bonchev–Trinajstić information content (AvgIpc) is 1.84. The summed E-state index contributed by atoms with van der Waals surface area (Å²) < 4.78 is 46.4. The van der Waals surface area contributed by atoms with Gasteiger partial charge >= 0.3 is 0 Å². The molecule has 6 heteroatoms. The molecule has 0 unspecified atom stereocenters. The van der Waals surface area contributed by atoms with Crippen LogP contribution in [0, 0.1) is 0 Å². The molecule has 0 atom stereocenters. The minimum atomic E-state index is -3.52. The maximum atomic E-state index is 11.5. The third-order valence-corrected chi connectivity index (χ3v) is 2.87. The maximum Gasteiger partial charge on any atom is 0.251 e. The van der Waals surface area contributed by atoms with Gasteiger partial charge in [-0.2, -0.15) is 0 Å². The molecule has 0 aliphatic carbocycles. The first-order valence-corrected chi connectivity index (χ1v) is 4.67. The van der Waals surface area contributed by atoms with Crippen molar-refractivity contribution in [3.05, 3.63) is 0 Å². The molecule has 0 saturated heterocycles. The normalized spacial score (nSPS) is 12.9. The van der Waals surface area contributed by atoms with E-state index in [2.05, 4.69) is 0 Å². The molecule has 1 N–H and O–H groups in total. The van der Waals surface area contributed by atoms with E-state index in [4.69, 9.17) is 0 Å². The molecule has 0 heterocycles. The number of nitrogens with one attached hydrogen (secondary N) is 1. The Morgan fingerprint density at radius 2 is 1.82 bits per heavy atom. The smallest absolute Gasteiger partial charge is 0.212 e. The van der Waals surface area contributed by atoms with Crippen LogP contribution in [0.3, 0.4) is 0 Å². The Labute approximate surface area is 64.8 Å². The first-order valence-electron chi connectivity index (χ1n) is 3.13. The topological polar surface area (TPSA) is 46.2 Å². The zero-order valence-corrected chi connectivity index (χ0v) is 7.16. The van der Waals surface area contributed by atoms with Crippen molar-refractivity contribution in [3.63, 3.8) is 0 Å². The molecule has 11 heavy (non-hydrogen) atoms. The van der Waals surface area contributed by atoms with Gasteiger partial charge in [-0.05, 0) is 13.8 Å². The van der Waals surface area contributed by atoms with Gasteiger partial charge in [0, 0.05) is 0 Å². The van der Waals surface area contributed by atoms with E-state index >= 15 is 0 Å². The van der Waals surface area contributed by atoms with Gasteiger partial charge in [0.15, 0.2) is 0 Å². The van der Waals surface area contributed by atoms with Crippen LogP contribution in [-0.2, 0) is 10.0 Å². The van der Waals surface area contributed by atoms with Gasteiger partial charge in [-0.3, -0.25) is 0 Å². The van der Waals surface area contributed by atoms with Gasteiger partial charge in [0.25, 0.3) is 6.43 Å². The van der Waals surface area contributed by atoms with E-state index in [1.807, 2.05) is 0 Å². The fraction of sp³-hybridized carbons (Fsp3) is 1.00. The Morgan fingerprint density at radius 3 is 2.09 bits per heavy atom. The lowest BCUT2D eigenvalue weighted by molar-refractivity contribution is 0.153. The maximum absolute atomic E-state index is 11.5. The predicted molar refractivity (Wildman–Crippen MR) is 38.1 cm³/mol. The molecule has 68 valence electrons. The molecule has 0 saturated carbocycles. The minimum Gasteiger partial charge on any atom is -0.212 e. The summed E-state index contributed by atoms with van der Waals surface area (Å²) in [6, 6.07) is 0. The van der Waals surface area contributed by atoms with Gasteiger partial charge in [0.05, 0.1) is 11.8 Å². The average molecular weight is 187 g/mol. The highest BCUT2D eigenvalue weighted by molar-refractivity contribution is 7.90. The zero-order valence-electron chi connectivity index (χ0n) is 6.34. The van der Waals surface area contributed by atoms with Gasteiger partial charge in [-0.1, -0.05) is 0 Å². The number of halogens is 2.